The molecule has 2 aromatic heterocycles. The molecule has 0 bridgehead atoms. The van der Waals surface area contributed by atoms with Crippen molar-refractivity contribution in [2.45, 2.75) is 6.54 Å². The quantitative estimate of drug-likeness (QED) is 0.779. The van der Waals surface area contributed by atoms with Gasteiger partial charge in [-0.3, -0.25) is 9.89 Å². The number of rotatable bonds is 3. The van der Waals surface area contributed by atoms with Gasteiger partial charge in [-0.2, -0.15) is 5.10 Å². The van der Waals surface area contributed by atoms with Crippen molar-refractivity contribution in [3.63, 3.8) is 0 Å². The summed E-state index contributed by atoms with van der Waals surface area (Å²) in [6.07, 6.45) is 2.33. The van der Waals surface area contributed by atoms with Gasteiger partial charge in [0.1, 0.15) is 23.7 Å². The Hall–Kier alpha value is -2.31. The number of nitrogens with zero attached hydrogens (tertiary/aromatic N) is 3. The highest BCUT2D eigenvalue weighted by atomic mass is 19.1. The van der Waals surface area contributed by atoms with Crippen molar-refractivity contribution < 1.29 is 9.18 Å². The maximum absolute atomic E-state index is 12.5. The van der Waals surface area contributed by atoms with Crippen LogP contribution in [-0.2, 0) is 6.54 Å². The first-order valence-electron chi connectivity index (χ1n) is 4.49. The number of aromatic nitrogens is 4. The molecule has 0 spiro atoms. The molecule has 0 unspecified atom stereocenters. The molecule has 2 aromatic rings. The van der Waals surface area contributed by atoms with Crippen molar-refractivity contribution in [2.75, 3.05) is 0 Å². The fourth-order valence-corrected chi connectivity index (χ4v) is 1.08. The zero-order valence-electron chi connectivity index (χ0n) is 8.14. The van der Waals surface area contributed by atoms with Crippen molar-refractivity contribution >= 4 is 5.91 Å². The average Bonchev–Trinajstić information content (AvgIpc) is 2.80. The highest BCUT2D eigenvalue weighted by molar-refractivity contribution is 5.92. The summed E-state index contributed by atoms with van der Waals surface area (Å²) in [6.45, 7) is 0.220. The van der Waals surface area contributed by atoms with E-state index in [1.165, 1.54) is 18.5 Å². The Balaban J connectivity index is 1.95. The third-order valence-electron chi connectivity index (χ3n) is 1.84. The maximum Gasteiger partial charge on any atom is 0.270 e. The van der Waals surface area contributed by atoms with Gasteiger partial charge in [0.15, 0.2) is 0 Å². The average molecular weight is 221 g/mol. The monoisotopic (exact) mass is 221 g/mol. The molecule has 0 atom stereocenters. The van der Waals surface area contributed by atoms with Gasteiger partial charge in [0.25, 0.3) is 5.91 Å². The predicted octanol–water partition coefficient (Wildman–Crippen LogP) is 0.269. The van der Waals surface area contributed by atoms with Crippen LogP contribution in [0.2, 0.25) is 0 Å². The molecule has 2 rings (SSSR count). The second kappa shape index (κ2) is 4.47. The van der Waals surface area contributed by atoms with Crippen molar-refractivity contribution in [2.24, 2.45) is 0 Å². The van der Waals surface area contributed by atoms with Crippen LogP contribution in [0.5, 0.6) is 0 Å². The van der Waals surface area contributed by atoms with Crippen LogP contribution in [0.1, 0.15) is 16.3 Å². The zero-order chi connectivity index (χ0) is 11.4. The van der Waals surface area contributed by atoms with E-state index in [0.29, 0.717) is 5.82 Å². The van der Waals surface area contributed by atoms with Crippen LogP contribution in [0.25, 0.3) is 0 Å². The van der Waals surface area contributed by atoms with Crippen LogP contribution in [0, 0.1) is 5.82 Å². The van der Waals surface area contributed by atoms with Crippen LogP contribution in [0.15, 0.2) is 24.7 Å². The van der Waals surface area contributed by atoms with E-state index in [1.807, 2.05) is 0 Å². The van der Waals surface area contributed by atoms with Crippen LogP contribution in [0.4, 0.5) is 4.39 Å². The number of amides is 1. The van der Waals surface area contributed by atoms with Crippen LogP contribution < -0.4 is 5.32 Å². The number of H-pyrrole nitrogens is 1. The van der Waals surface area contributed by atoms with Gasteiger partial charge in [0.2, 0.25) is 0 Å². The smallest absolute Gasteiger partial charge is 0.270 e. The fraction of sp³-hybridized carbons (Fsp3) is 0.111. The normalized spacial score (nSPS) is 10.1. The molecule has 7 heteroatoms. The molecule has 0 aromatic carbocycles. The first-order valence-corrected chi connectivity index (χ1v) is 4.49. The summed E-state index contributed by atoms with van der Waals surface area (Å²) in [5, 5.41) is 8.79. The molecule has 82 valence electrons. The van der Waals surface area contributed by atoms with E-state index in [9.17, 15) is 9.18 Å². The number of carbonyl (C=O) groups is 1. The van der Waals surface area contributed by atoms with E-state index in [2.05, 4.69) is 25.5 Å². The lowest BCUT2D eigenvalue weighted by molar-refractivity contribution is 0.0945. The molecular weight excluding hydrogens is 213 g/mol. The molecule has 16 heavy (non-hydrogen) atoms. The SMILES string of the molecule is O=C(NCc1ncn[nH]1)c1ccc(F)cn1. The Morgan fingerprint density at radius 2 is 2.31 bits per heavy atom. The van der Waals surface area contributed by atoms with Crippen LogP contribution in [0.3, 0.4) is 0 Å². The molecule has 0 saturated carbocycles. The van der Waals surface area contributed by atoms with Gasteiger partial charge in [-0.05, 0) is 12.1 Å². The van der Waals surface area contributed by atoms with E-state index in [1.54, 1.807) is 0 Å². The second-order valence-electron chi connectivity index (χ2n) is 2.98. The molecule has 2 N–H and O–H groups in total. The number of hydrogen-bond donors (Lipinski definition) is 2. The Bertz CT molecular complexity index is 467. The molecule has 2 heterocycles. The lowest BCUT2D eigenvalue weighted by Gasteiger charge is -2.01. The summed E-state index contributed by atoms with van der Waals surface area (Å²) in [6, 6.07) is 2.49. The summed E-state index contributed by atoms with van der Waals surface area (Å²) >= 11 is 0. The van der Waals surface area contributed by atoms with Crippen LogP contribution in [-0.4, -0.2) is 26.1 Å². The van der Waals surface area contributed by atoms with Gasteiger partial charge in [0.05, 0.1) is 12.7 Å². The van der Waals surface area contributed by atoms with E-state index in [4.69, 9.17) is 0 Å². The number of aromatic amines is 1. The molecular formula is C9H8FN5O. The van der Waals surface area contributed by atoms with E-state index >= 15 is 0 Å². The van der Waals surface area contributed by atoms with Crippen molar-refractivity contribution in [3.8, 4) is 0 Å². The minimum Gasteiger partial charge on any atom is -0.343 e. The molecule has 0 fully saturated rings. The Morgan fingerprint density at radius 3 is 2.94 bits per heavy atom. The molecule has 0 saturated heterocycles. The molecule has 0 aliphatic carbocycles. The van der Waals surface area contributed by atoms with Crippen LogP contribution >= 0.6 is 0 Å². The summed E-state index contributed by atoms with van der Waals surface area (Å²) in [5.74, 6) is -0.335. The predicted molar refractivity (Wildman–Crippen MR) is 51.7 cm³/mol. The van der Waals surface area contributed by atoms with Gasteiger partial charge in [-0.1, -0.05) is 0 Å². The van der Waals surface area contributed by atoms with E-state index in [-0.39, 0.29) is 12.2 Å². The molecule has 0 aliphatic rings. The van der Waals surface area contributed by atoms with Gasteiger partial charge >= 0.3 is 0 Å². The standard InChI is InChI=1S/C9H8FN5O/c10-6-1-2-7(11-3-6)9(16)12-4-8-13-5-14-15-8/h1-3,5H,4H2,(H,12,16)(H,13,14,15). The number of pyridine rings is 1. The molecule has 1 amide bonds. The molecule has 6 nitrogen and oxygen atoms in total. The highest BCUT2D eigenvalue weighted by Gasteiger charge is 2.07. The second-order valence-corrected chi connectivity index (χ2v) is 2.98. The van der Waals surface area contributed by atoms with Crippen molar-refractivity contribution in [3.05, 3.63) is 42.0 Å². The Kier molecular flexibility index (Phi) is 2.86. The lowest BCUT2D eigenvalue weighted by Crippen LogP contribution is -2.24. The van der Waals surface area contributed by atoms with Gasteiger partial charge in [-0.25, -0.2) is 14.4 Å². The number of hydrogen-bond acceptors (Lipinski definition) is 4. The topological polar surface area (TPSA) is 83.6 Å². The van der Waals surface area contributed by atoms with Gasteiger partial charge < -0.3 is 5.32 Å². The van der Waals surface area contributed by atoms with Gasteiger partial charge in [0, 0.05) is 0 Å². The molecule has 0 radical (unpaired) electrons. The summed E-state index contributed by atoms with van der Waals surface area (Å²) < 4.78 is 12.5. The first-order chi connectivity index (χ1) is 7.75. The minimum absolute atomic E-state index is 0.154. The highest BCUT2D eigenvalue weighted by Crippen LogP contribution is 1.98. The summed E-state index contributed by atoms with van der Waals surface area (Å²) in [5.41, 5.74) is 0.154. The van der Waals surface area contributed by atoms with Gasteiger partial charge in [-0.15, -0.1) is 0 Å². The Morgan fingerprint density at radius 1 is 1.44 bits per heavy atom. The Labute approximate surface area is 89.9 Å². The number of carbonyl (C=O) groups excluding carboxylic acids is 1. The lowest BCUT2D eigenvalue weighted by atomic mass is 10.3. The van der Waals surface area contributed by atoms with Crippen molar-refractivity contribution in [1.29, 1.82) is 0 Å². The van der Waals surface area contributed by atoms with E-state index < -0.39 is 11.7 Å². The maximum atomic E-state index is 12.5. The molecule has 0 aliphatic heterocycles. The first kappa shape index (κ1) is 10.2. The largest absolute Gasteiger partial charge is 0.343 e. The third kappa shape index (κ3) is 2.38. The summed E-state index contributed by atoms with van der Waals surface area (Å²) in [7, 11) is 0. The van der Waals surface area contributed by atoms with E-state index in [0.717, 1.165) is 6.20 Å². The minimum atomic E-state index is -0.480. The fourth-order valence-electron chi connectivity index (χ4n) is 1.08. The summed E-state index contributed by atoms with van der Waals surface area (Å²) in [4.78, 5) is 19.0. The van der Waals surface area contributed by atoms with Crippen molar-refractivity contribution in [1.82, 2.24) is 25.5 Å². The number of halogens is 1. The third-order valence-corrected chi connectivity index (χ3v) is 1.84. The number of nitrogens with one attached hydrogen (secondary N) is 2. The zero-order valence-corrected chi connectivity index (χ0v) is 8.14.